The number of para-hydroxylation sites is 1. The summed E-state index contributed by atoms with van der Waals surface area (Å²) in [5.74, 6) is 0. The Hall–Kier alpha value is -1.55. The Labute approximate surface area is 107 Å². The Morgan fingerprint density at radius 1 is 1.28 bits per heavy atom. The molecule has 18 heavy (non-hydrogen) atoms. The lowest BCUT2D eigenvalue weighted by atomic mass is 10.00. The topological polar surface area (TPSA) is 41.6 Å². The van der Waals surface area contributed by atoms with Crippen molar-refractivity contribution in [1.82, 2.24) is 5.32 Å². The number of cyclic esters (lactones) is 1. The Bertz CT molecular complexity index is 455. The van der Waals surface area contributed by atoms with Gasteiger partial charge in [-0.2, -0.15) is 0 Å². The Morgan fingerprint density at radius 3 is 2.78 bits per heavy atom. The molecule has 0 spiro atoms. The molecule has 4 nitrogen and oxygen atoms in total. The van der Waals surface area contributed by atoms with Crippen LogP contribution in [-0.4, -0.2) is 25.2 Å². The van der Waals surface area contributed by atoms with Gasteiger partial charge in [0.1, 0.15) is 6.10 Å². The molecule has 0 aliphatic carbocycles. The second-order valence-electron chi connectivity index (χ2n) is 4.94. The van der Waals surface area contributed by atoms with Crippen LogP contribution in [0.1, 0.15) is 31.4 Å². The van der Waals surface area contributed by atoms with Crippen LogP contribution in [0.5, 0.6) is 0 Å². The van der Waals surface area contributed by atoms with Crippen LogP contribution in [0.2, 0.25) is 0 Å². The maximum Gasteiger partial charge on any atom is 0.415 e. The Kier molecular flexibility index (Phi) is 2.96. The lowest BCUT2D eigenvalue weighted by Gasteiger charge is -2.39. The van der Waals surface area contributed by atoms with Gasteiger partial charge >= 0.3 is 6.09 Å². The number of rotatable bonds is 1. The molecule has 0 aromatic heterocycles. The number of carbonyl (C=O) groups excluding carboxylic acids is 1. The first-order chi connectivity index (χ1) is 8.77. The van der Waals surface area contributed by atoms with Crippen LogP contribution >= 0.6 is 0 Å². The molecule has 1 N–H and O–H groups in total. The van der Waals surface area contributed by atoms with Crippen molar-refractivity contribution < 1.29 is 9.53 Å². The van der Waals surface area contributed by atoms with Gasteiger partial charge in [-0.1, -0.05) is 18.2 Å². The fourth-order valence-corrected chi connectivity index (χ4v) is 2.83. The summed E-state index contributed by atoms with van der Waals surface area (Å²) in [4.78, 5) is 14.0. The van der Waals surface area contributed by atoms with Crippen LogP contribution in [0, 0.1) is 0 Å². The van der Waals surface area contributed by atoms with Crippen molar-refractivity contribution in [3.8, 4) is 0 Å². The zero-order valence-electron chi connectivity index (χ0n) is 10.6. The number of fused-ring (bicyclic) bond motifs is 1. The molecule has 2 heterocycles. The molecule has 2 aliphatic rings. The molecule has 1 aromatic carbocycles. The van der Waals surface area contributed by atoms with Gasteiger partial charge in [0, 0.05) is 11.6 Å². The molecule has 1 aromatic rings. The SMILES string of the molecule is CC1OC(=O)N(C2CCNCC2)c2ccccc21. The number of hydrogen-bond donors (Lipinski definition) is 1. The summed E-state index contributed by atoms with van der Waals surface area (Å²) in [5.41, 5.74) is 2.13. The molecule has 1 saturated heterocycles. The summed E-state index contributed by atoms with van der Waals surface area (Å²) in [7, 11) is 0. The summed E-state index contributed by atoms with van der Waals surface area (Å²) in [6.07, 6.45) is 1.62. The normalized spacial score (nSPS) is 24.6. The first kappa shape index (κ1) is 11.5. The molecular weight excluding hydrogens is 228 g/mol. The van der Waals surface area contributed by atoms with Gasteiger partial charge < -0.3 is 10.1 Å². The predicted molar refractivity (Wildman–Crippen MR) is 69.7 cm³/mol. The highest BCUT2D eigenvalue weighted by molar-refractivity contribution is 5.91. The fraction of sp³-hybridized carbons (Fsp3) is 0.500. The molecule has 1 atom stereocenters. The third kappa shape index (κ3) is 1.86. The number of nitrogens with one attached hydrogen (secondary N) is 1. The number of piperidine rings is 1. The minimum Gasteiger partial charge on any atom is -0.441 e. The fourth-order valence-electron chi connectivity index (χ4n) is 2.83. The molecule has 3 rings (SSSR count). The van der Waals surface area contributed by atoms with E-state index in [0.29, 0.717) is 0 Å². The van der Waals surface area contributed by atoms with Gasteiger partial charge in [0.15, 0.2) is 0 Å². The minimum absolute atomic E-state index is 0.147. The number of anilines is 1. The van der Waals surface area contributed by atoms with E-state index in [2.05, 4.69) is 5.32 Å². The van der Waals surface area contributed by atoms with E-state index in [1.807, 2.05) is 36.1 Å². The van der Waals surface area contributed by atoms with E-state index in [4.69, 9.17) is 4.74 Å². The summed E-state index contributed by atoms with van der Waals surface area (Å²) >= 11 is 0. The van der Waals surface area contributed by atoms with Crippen LogP contribution in [0.25, 0.3) is 0 Å². The summed E-state index contributed by atoms with van der Waals surface area (Å²) in [5, 5.41) is 3.32. The highest BCUT2D eigenvalue weighted by Crippen LogP contribution is 2.36. The first-order valence-electron chi connectivity index (χ1n) is 6.57. The van der Waals surface area contributed by atoms with Crippen LogP contribution < -0.4 is 10.2 Å². The average molecular weight is 246 g/mol. The van der Waals surface area contributed by atoms with E-state index in [1.165, 1.54) is 0 Å². The number of benzene rings is 1. The number of nitrogens with zero attached hydrogens (tertiary/aromatic N) is 1. The average Bonchev–Trinajstić information content (AvgIpc) is 2.40. The van der Waals surface area contributed by atoms with E-state index < -0.39 is 0 Å². The van der Waals surface area contributed by atoms with Gasteiger partial charge in [-0.25, -0.2) is 4.79 Å². The molecule has 1 amide bonds. The summed E-state index contributed by atoms with van der Waals surface area (Å²) < 4.78 is 5.45. The van der Waals surface area contributed by atoms with Crippen LogP contribution in [0.4, 0.5) is 10.5 Å². The smallest absolute Gasteiger partial charge is 0.415 e. The number of hydrogen-bond acceptors (Lipinski definition) is 3. The highest BCUT2D eigenvalue weighted by Gasteiger charge is 2.35. The Balaban J connectivity index is 1.97. The number of ether oxygens (including phenoxy) is 1. The summed E-state index contributed by atoms with van der Waals surface area (Å²) in [6, 6.07) is 8.30. The third-order valence-electron chi connectivity index (χ3n) is 3.78. The molecular formula is C14H18N2O2. The maximum atomic E-state index is 12.1. The number of amides is 1. The van der Waals surface area contributed by atoms with Gasteiger partial charge in [0.25, 0.3) is 0 Å². The monoisotopic (exact) mass is 246 g/mol. The zero-order valence-corrected chi connectivity index (χ0v) is 10.6. The molecule has 2 aliphatic heterocycles. The lowest BCUT2D eigenvalue weighted by Crippen LogP contribution is -2.48. The van der Waals surface area contributed by atoms with E-state index >= 15 is 0 Å². The van der Waals surface area contributed by atoms with Gasteiger partial charge in [0.05, 0.1) is 5.69 Å². The van der Waals surface area contributed by atoms with E-state index in [-0.39, 0.29) is 18.2 Å². The molecule has 0 saturated carbocycles. The second-order valence-corrected chi connectivity index (χ2v) is 4.94. The minimum atomic E-state index is -0.201. The van der Waals surface area contributed by atoms with Crippen LogP contribution in [0.15, 0.2) is 24.3 Å². The van der Waals surface area contributed by atoms with E-state index in [0.717, 1.165) is 37.2 Å². The van der Waals surface area contributed by atoms with Crippen molar-refractivity contribution in [2.45, 2.75) is 31.9 Å². The quantitative estimate of drug-likeness (QED) is 0.827. The maximum absolute atomic E-state index is 12.1. The van der Waals surface area contributed by atoms with E-state index in [1.54, 1.807) is 0 Å². The molecule has 1 fully saturated rings. The molecule has 96 valence electrons. The van der Waals surface area contributed by atoms with Gasteiger partial charge in [0.2, 0.25) is 0 Å². The number of carbonyl (C=O) groups is 1. The van der Waals surface area contributed by atoms with Crippen molar-refractivity contribution >= 4 is 11.8 Å². The van der Waals surface area contributed by atoms with E-state index in [9.17, 15) is 4.79 Å². The second kappa shape index (κ2) is 4.61. The van der Waals surface area contributed by atoms with Crippen LogP contribution in [0.3, 0.4) is 0 Å². The van der Waals surface area contributed by atoms with Crippen molar-refractivity contribution in [3.05, 3.63) is 29.8 Å². The van der Waals surface area contributed by atoms with Crippen LogP contribution in [-0.2, 0) is 4.74 Å². The molecule has 4 heteroatoms. The van der Waals surface area contributed by atoms with Gasteiger partial charge in [-0.3, -0.25) is 4.90 Å². The molecule has 0 bridgehead atoms. The zero-order chi connectivity index (χ0) is 12.5. The largest absolute Gasteiger partial charge is 0.441 e. The predicted octanol–water partition coefficient (Wildman–Crippen LogP) is 2.46. The molecule has 1 unspecified atom stereocenters. The first-order valence-corrected chi connectivity index (χ1v) is 6.57. The van der Waals surface area contributed by atoms with Crippen molar-refractivity contribution in [2.24, 2.45) is 0 Å². The third-order valence-corrected chi connectivity index (χ3v) is 3.78. The standard InChI is InChI=1S/C14H18N2O2/c1-10-12-4-2-3-5-13(12)16(14(17)18-10)11-6-8-15-9-7-11/h2-5,10-11,15H,6-9H2,1H3. The van der Waals surface area contributed by atoms with Crippen molar-refractivity contribution in [2.75, 3.05) is 18.0 Å². The Morgan fingerprint density at radius 2 is 2.00 bits per heavy atom. The van der Waals surface area contributed by atoms with Crippen molar-refractivity contribution in [1.29, 1.82) is 0 Å². The summed E-state index contributed by atoms with van der Waals surface area (Å²) in [6.45, 7) is 3.86. The van der Waals surface area contributed by atoms with Gasteiger partial charge in [-0.15, -0.1) is 0 Å². The van der Waals surface area contributed by atoms with Gasteiger partial charge in [-0.05, 0) is 38.9 Å². The highest BCUT2D eigenvalue weighted by atomic mass is 16.6. The van der Waals surface area contributed by atoms with Crippen molar-refractivity contribution in [3.63, 3.8) is 0 Å². The lowest BCUT2D eigenvalue weighted by molar-refractivity contribution is 0.104. The molecule has 0 radical (unpaired) electrons.